The number of carbonyl (C=O) groups is 1. The fourth-order valence-corrected chi connectivity index (χ4v) is 4.72. The number of alkyl halides is 3. The number of nitrogens with zero attached hydrogens (tertiary/aromatic N) is 3. The van der Waals surface area contributed by atoms with Gasteiger partial charge in [-0.05, 0) is 74.2 Å². The van der Waals surface area contributed by atoms with Crippen LogP contribution in [0.3, 0.4) is 0 Å². The monoisotopic (exact) mass is 513 g/mol. The van der Waals surface area contributed by atoms with Gasteiger partial charge in [0.1, 0.15) is 5.69 Å². The third kappa shape index (κ3) is 5.31. The van der Waals surface area contributed by atoms with Gasteiger partial charge in [-0.1, -0.05) is 17.7 Å². The van der Waals surface area contributed by atoms with Gasteiger partial charge in [0.25, 0.3) is 5.91 Å². The average Bonchev–Trinajstić information content (AvgIpc) is 3.40. The van der Waals surface area contributed by atoms with Gasteiger partial charge < -0.3 is 10.6 Å². The Balaban J connectivity index is 1.24. The van der Waals surface area contributed by atoms with Gasteiger partial charge >= 0.3 is 6.18 Å². The quantitative estimate of drug-likeness (QED) is 0.331. The standard InChI is InChI=1S/C26H23ClF3N5O/c27-17-5-10-22-21(14-17)23(15-24(34-22)26(28,29)30)32-18-6-8-19(9-7-18)33-25(36)16-3-1-4-20(13-16)35-12-2-11-31-35/h1-5,10-15,18-19H,6-9H2,(H,32,34)(H,33,36). The summed E-state index contributed by atoms with van der Waals surface area (Å²) in [4.78, 5) is 16.6. The lowest BCUT2D eigenvalue weighted by molar-refractivity contribution is -0.140. The van der Waals surface area contributed by atoms with Crippen LogP contribution in [-0.2, 0) is 6.18 Å². The molecule has 1 aliphatic rings. The second kappa shape index (κ2) is 9.81. The van der Waals surface area contributed by atoms with Gasteiger partial charge in [0, 0.05) is 46.1 Å². The minimum Gasteiger partial charge on any atom is -0.382 e. The van der Waals surface area contributed by atoms with Crippen LogP contribution in [0.25, 0.3) is 16.6 Å². The molecular weight excluding hydrogens is 491 g/mol. The molecule has 1 fully saturated rings. The fraction of sp³-hybridized carbons (Fsp3) is 0.269. The van der Waals surface area contributed by atoms with Gasteiger partial charge in [-0.15, -0.1) is 0 Å². The molecule has 0 saturated heterocycles. The van der Waals surface area contributed by atoms with E-state index < -0.39 is 11.9 Å². The van der Waals surface area contributed by atoms with Crippen LogP contribution in [0.2, 0.25) is 5.02 Å². The Morgan fingerprint density at radius 2 is 1.78 bits per heavy atom. The van der Waals surface area contributed by atoms with Crippen LogP contribution in [0, 0.1) is 0 Å². The number of benzene rings is 2. The van der Waals surface area contributed by atoms with Gasteiger partial charge in [-0.2, -0.15) is 18.3 Å². The number of fused-ring (bicyclic) bond motifs is 1. The normalized spacial score (nSPS) is 18.2. The van der Waals surface area contributed by atoms with E-state index in [4.69, 9.17) is 11.6 Å². The SMILES string of the molecule is O=C(NC1CCC(Nc2cc(C(F)(F)F)nc3ccc(Cl)cc23)CC1)c1cccc(-n2cccn2)c1. The number of anilines is 1. The highest BCUT2D eigenvalue weighted by atomic mass is 35.5. The first kappa shape index (κ1) is 24.1. The summed E-state index contributed by atoms with van der Waals surface area (Å²) in [7, 11) is 0. The molecule has 0 bridgehead atoms. The van der Waals surface area contributed by atoms with Crippen LogP contribution < -0.4 is 10.6 Å². The molecule has 2 N–H and O–H groups in total. The minimum absolute atomic E-state index is 0.0155. The average molecular weight is 514 g/mol. The van der Waals surface area contributed by atoms with E-state index in [9.17, 15) is 18.0 Å². The number of amides is 1. The molecule has 0 unspecified atom stereocenters. The Hall–Kier alpha value is -3.59. The molecular formula is C26H23ClF3N5O. The molecule has 1 amide bonds. The van der Waals surface area contributed by atoms with Crippen LogP contribution in [0.15, 0.2) is 67.0 Å². The molecule has 0 aliphatic heterocycles. The van der Waals surface area contributed by atoms with Crippen molar-refractivity contribution >= 4 is 34.1 Å². The highest BCUT2D eigenvalue weighted by Gasteiger charge is 2.34. The maximum absolute atomic E-state index is 13.4. The van der Waals surface area contributed by atoms with Crippen LogP contribution >= 0.6 is 11.6 Å². The molecule has 2 aromatic heterocycles. The lowest BCUT2D eigenvalue weighted by Crippen LogP contribution is -2.40. The summed E-state index contributed by atoms with van der Waals surface area (Å²) < 4.78 is 41.9. The number of carbonyl (C=O) groups excluding carboxylic acids is 1. The van der Waals surface area contributed by atoms with Crippen LogP contribution in [0.5, 0.6) is 0 Å². The van der Waals surface area contributed by atoms with Crippen molar-refractivity contribution in [3.63, 3.8) is 0 Å². The Morgan fingerprint density at radius 1 is 1.00 bits per heavy atom. The lowest BCUT2D eigenvalue weighted by Gasteiger charge is -2.31. The number of pyridine rings is 1. The van der Waals surface area contributed by atoms with E-state index in [0.29, 0.717) is 47.3 Å². The topological polar surface area (TPSA) is 71.8 Å². The van der Waals surface area contributed by atoms with Crippen LogP contribution in [0.4, 0.5) is 18.9 Å². The molecule has 36 heavy (non-hydrogen) atoms. The number of halogens is 4. The second-order valence-corrected chi connectivity index (χ2v) is 9.32. The maximum atomic E-state index is 13.4. The first-order valence-electron chi connectivity index (χ1n) is 11.6. The summed E-state index contributed by atoms with van der Waals surface area (Å²) in [6.45, 7) is 0. The van der Waals surface area contributed by atoms with Crippen LogP contribution in [0.1, 0.15) is 41.7 Å². The summed E-state index contributed by atoms with van der Waals surface area (Å²) in [5, 5.41) is 11.5. The second-order valence-electron chi connectivity index (χ2n) is 8.88. The summed E-state index contributed by atoms with van der Waals surface area (Å²) in [5.41, 5.74) is 0.984. The highest BCUT2D eigenvalue weighted by Crippen LogP contribution is 2.35. The molecule has 10 heteroatoms. The molecule has 5 rings (SSSR count). The predicted octanol–water partition coefficient (Wildman–Crippen LogP) is 6.25. The van der Waals surface area contributed by atoms with E-state index in [-0.39, 0.29) is 23.5 Å². The third-order valence-corrected chi connectivity index (χ3v) is 6.60. The largest absolute Gasteiger partial charge is 0.433 e. The third-order valence-electron chi connectivity index (χ3n) is 6.36. The Morgan fingerprint density at radius 3 is 2.50 bits per heavy atom. The molecule has 0 atom stereocenters. The van der Waals surface area contributed by atoms with E-state index in [1.54, 1.807) is 29.1 Å². The number of hydrogen-bond acceptors (Lipinski definition) is 4. The predicted molar refractivity (Wildman–Crippen MR) is 132 cm³/mol. The van der Waals surface area contributed by atoms with Crippen molar-refractivity contribution in [2.75, 3.05) is 5.32 Å². The van der Waals surface area contributed by atoms with Crippen molar-refractivity contribution in [2.45, 2.75) is 43.9 Å². The van der Waals surface area contributed by atoms with E-state index >= 15 is 0 Å². The van der Waals surface area contributed by atoms with Crippen LogP contribution in [-0.4, -0.2) is 32.8 Å². The molecule has 6 nitrogen and oxygen atoms in total. The van der Waals surface area contributed by atoms with Gasteiger partial charge in [0.15, 0.2) is 0 Å². The summed E-state index contributed by atoms with van der Waals surface area (Å²) >= 11 is 6.10. The van der Waals surface area contributed by atoms with Gasteiger partial charge in [0.2, 0.25) is 0 Å². The summed E-state index contributed by atoms with van der Waals surface area (Å²) in [6.07, 6.45) is 1.74. The lowest BCUT2D eigenvalue weighted by atomic mass is 9.90. The highest BCUT2D eigenvalue weighted by molar-refractivity contribution is 6.31. The zero-order chi connectivity index (χ0) is 25.3. The van der Waals surface area contributed by atoms with Gasteiger partial charge in [0.05, 0.1) is 11.2 Å². The van der Waals surface area contributed by atoms with E-state index in [2.05, 4.69) is 20.7 Å². The van der Waals surface area contributed by atoms with Crippen molar-refractivity contribution in [3.05, 3.63) is 83.3 Å². The van der Waals surface area contributed by atoms with Crippen molar-refractivity contribution < 1.29 is 18.0 Å². The number of hydrogen-bond donors (Lipinski definition) is 2. The molecule has 4 aromatic rings. The zero-order valence-corrected chi connectivity index (χ0v) is 19.9. The first-order chi connectivity index (χ1) is 17.3. The molecule has 1 aliphatic carbocycles. The molecule has 1 saturated carbocycles. The van der Waals surface area contributed by atoms with Crippen molar-refractivity contribution in [3.8, 4) is 5.69 Å². The van der Waals surface area contributed by atoms with Crippen molar-refractivity contribution in [1.82, 2.24) is 20.1 Å². The molecule has 2 heterocycles. The Labute approximate surface area is 210 Å². The van der Waals surface area contributed by atoms with Gasteiger partial charge in [-0.25, -0.2) is 9.67 Å². The van der Waals surface area contributed by atoms with Crippen molar-refractivity contribution in [1.29, 1.82) is 0 Å². The minimum atomic E-state index is -4.55. The smallest absolute Gasteiger partial charge is 0.382 e. The Kier molecular flexibility index (Phi) is 6.57. The Bertz CT molecular complexity index is 1380. The first-order valence-corrected chi connectivity index (χ1v) is 12.0. The summed E-state index contributed by atoms with van der Waals surface area (Å²) in [6, 6.07) is 14.7. The number of nitrogens with one attached hydrogen (secondary N) is 2. The fourth-order valence-electron chi connectivity index (χ4n) is 4.54. The van der Waals surface area contributed by atoms with E-state index in [1.807, 2.05) is 24.4 Å². The number of rotatable bonds is 5. The summed E-state index contributed by atoms with van der Waals surface area (Å²) in [5.74, 6) is -0.162. The van der Waals surface area contributed by atoms with Gasteiger partial charge in [-0.3, -0.25) is 4.79 Å². The molecule has 0 radical (unpaired) electrons. The van der Waals surface area contributed by atoms with Crippen molar-refractivity contribution in [2.24, 2.45) is 0 Å². The van der Waals surface area contributed by atoms with E-state index in [0.717, 1.165) is 11.8 Å². The zero-order valence-electron chi connectivity index (χ0n) is 19.1. The maximum Gasteiger partial charge on any atom is 0.433 e. The number of aromatic nitrogens is 3. The molecule has 2 aromatic carbocycles. The molecule has 0 spiro atoms. The van der Waals surface area contributed by atoms with E-state index in [1.165, 1.54) is 12.1 Å². The molecule has 186 valence electrons.